The van der Waals surface area contributed by atoms with E-state index in [1.54, 1.807) is 0 Å². The molecule has 0 saturated carbocycles. The van der Waals surface area contributed by atoms with Crippen molar-refractivity contribution < 1.29 is 0 Å². The van der Waals surface area contributed by atoms with Crippen LogP contribution >= 0.6 is 0 Å². The zero-order valence-corrected chi connectivity index (χ0v) is 9.16. The molecule has 0 saturated heterocycles. The lowest BCUT2D eigenvalue weighted by Crippen LogP contribution is -2.09. The quantitative estimate of drug-likeness (QED) is 0.716. The lowest BCUT2D eigenvalue weighted by atomic mass is 10.2. The van der Waals surface area contributed by atoms with Crippen molar-refractivity contribution in [2.24, 2.45) is 0 Å². The molecule has 0 aliphatic heterocycles. The monoisotopic (exact) mass is 199 g/mol. The van der Waals surface area contributed by atoms with Gasteiger partial charge in [0.05, 0.1) is 0 Å². The molecule has 1 heteroatoms. The Labute approximate surface area is 91.8 Å². The minimum absolute atomic E-state index is 0.806. The van der Waals surface area contributed by atoms with E-state index in [9.17, 15) is 0 Å². The zero-order chi connectivity index (χ0) is 11.1. The average molecular weight is 199 g/mol. The molecular weight excluding hydrogens is 182 g/mol. The molecule has 0 amide bonds. The largest absolute Gasteiger partial charge is 0.381 e. The average Bonchev–Trinajstić information content (AvgIpc) is 2.25. The third-order valence-electron chi connectivity index (χ3n) is 1.93. The van der Waals surface area contributed by atoms with Crippen molar-refractivity contribution in [3.05, 3.63) is 72.5 Å². The Kier molecular flexibility index (Phi) is 4.42. The van der Waals surface area contributed by atoms with Gasteiger partial charge < -0.3 is 5.32 Å². The molecule has 0 radical (unpaired) electrons. The molecule has 0 fully saturated rings. The molecule has 0 unspecified atom stereocenters. The predicted molar refractivity (Wildman–Crippen MR) is 66.4 cm³/mol. The number of hydrogen-bond acceptors (Lipinski definition) is 1. The van der Waals surface area contributed by atoms with Crippen LogP contribution in [0.1, 0.15) is 12.5 Å². The van der Waals surface area contributed by atoms with Gasteiger partial charge in [0, 0.05) is 12.2 Å². The van der Waals surface area contributed by atoms with Gasteiger partial charge in [0.2, 0.25) is 0 Å². The fraction of sp³-hybridized carbons (Fsp3) is 0.143. The maximum absolute atomic E-state index is 3.90. The fourth-order valence-corrected chi connectivity index (χ4v) is 1.11. The molecule has 0 aliphatic rings. The van der Waals surface area contributed by atoms with Crippen LogP contribution < -0.4 is 5.32 Å². The fourth-order valence-electron chi connectivity index (χ4n) is 1.11. The minimum Gasteiger partial charge on any atom is -0.381 e. The van der Waals surface area contributed by atoms with Crippen molar-refractivity contribution in [3.63, 3.8) is 0 Å². The molecule has 0 spiro atoms. The van der Waals surface area contributed by atoms with Crippen LogP contribution in [0.2, 0.25) is 0 Å². The Morgan fingerprint density at radius 2 is 1.87 bits per heavy atom. The summed E-state index contributed by atoms with van der Waals surface area (Å²) in [5.41, 5.74) is 3.18. The first-order valence-corrected chi connectivity index (χ1v) is 4.99. The van der Waals surface area contributed by atoms with E-state index in [-0.39, 0.29) is 0 Å². The molecule has 0 aromatic heterocycles. The highest BCUT2D eigenvalue weighted by Crippen LogP contribution is 2.00. The van der Waals surface area contributed by atoms with E-state index in [0.29, 0.717) is 0 Å². The van der Waals surface area contributed by atoms with Gasteiger partial charge in [0.1, 0.15) is 0 Å². The maximum atomic E-state index is 3.90. The Hall–Kier alpha value is -1.76. The molecule has 0 aliphatic carbocycles. The standard InChI is InChI=1S/C14H17N/c1-12(2)9-10-13(3)15-11-14-7-5-4-6-8-14/h4-10,15H,1,3,11H2,2H3/b10-9-. The van der Waals surface area contributed by atoms with Gasteiger partial charge in [0.15, 0.2) is 0 Å². The van der Waals surface area contributed by atoms with Crippen molar-refractivity contribution in [2.45, 2.75) is 13.5 Å². The first-order valence-electron chi connectivity index (χ1n) is 4.99. The van der Waals surface area contributed by atoms with Crippen LogP contribution in [0.15, 0.2) is 66.9 Å². The van der Waals surface area contributed by atoms with Crippen LogP contribution in [0.5, 0.6) is 0 Å². The molecule has 0 bridgehead atoms. The van der Waals surface area contributed by atoms with Crippen molar-refractivity contribution >= 4 is 0 Å². The summed E-state index contributed by atoms with van der Waals surface area (Å²) in [6.07, 6.45) is 3.88. The first kappa shape index (κ1) is 11.3. The van der Waals surface area contributed by atoms with E-state index in [4.69, 9.17) is 0 Å². The van der Waals surface area contributed by atoms with Crippen molar-refractivity contribution in [1.29, 1.82) is 0 Å². The van der Waals surface area contributed by atoms with Crippen LogP contribution in [0.25, 0.3) is 0 Å². The zero-order valence-electron chi connectivity index (χ0n) is 9.16. The summed E-state index contributed by atoms with van der Waals surface area (Å²) >= 11 is 0. The number of rotatable bonds is 5. The number of hydrogen-bond donors (Lipinski definition) is 1. The number of nitrogens with one attached hydrogen (secondary N) is 1. The molecular formula is C14H17N. The predicted octanol–water partition coefficient (Wildman–Crippen LogP) is 3.42. The lowest BCUT2D eigenvalue weighted by molar-refractivity contribution is 0.837. The van der Waals surface area contributed by atoms with Gasteiger partial charge in [0.25, 0.3) is 0 Å². The molecule has 1 N–H and O–H groups in total. The third kappa shape index (κ3) is 4.87. The molecule has 1 rings (SSSR count). The van der Waals surface area contributed by atoms with E-state index in [1.807, 2.05) is 37.3 Å². The first-order chi connectivity index (χ1) is 7.18. The van der Waals surface area contributed by atoms with Gasteiger partial charge in [-0.25, -0.2) is 0 Å². The second kappa shape index (κ2) is 5.86. The maximum Gasteiger partial charge on any atom is 0.0400 e. The van der Waals surface area contributed by atoms with Crippen LogP contribution in [0.4, 0.5) is 0 Å². The Morgan fingerprint density at radius 1 is 1.20 bits per heavy atom. The van der Waals surface area contributed by atoms with E-state index in [1.165, 1.54) is 5.56 Å². The van der Waals surface area contributed by atoms with Crippen LogP contribution in [-0.4, -0.2) is 0 Å². The Balaban J connectivity index is 2.38. The summed E-state index contributed by atoms with van der Waals surface area (Å²) in [5.74, 6) is 0. The van der Waals surface area contributed by atoms with Crippen molar-refractivity contribution in [2.75, 3.05) is 0 Å². The summed E-state index contributed by atoms with van der Waals surface area (Å²) < 4.78 is 0. The van der Waals surface area contributed by atoms with Gasteiger partial charge in [-0.1, -0.05) is 55.1 Å². The van der Waals surface area contributed by atoms with Crippen molar-refractivity contribution in [1.82, 2.24) is 5.32 Å². The van der Waals surface area contributed by atoms with E-state index in [0.717, 1.165) is 17.8 Å². The van der Waals surface area contributed by atoms with E-state index >= 15 is 0 Å². The SMILES string of the molecule is C=C(C)/C=C\C(=C)NCc1ccccc1. The highest BCUT2D eigenvalue weighted by molar-refractivity contribution is 5.23. The molecule has 1 aromatic carbocycles. The smallest absolute Gasteiger partial charge is 0.0400 e. The van der Waals surface area contributed by atoms with Gasteiger partial charge in [-0.15, -0.1) is 0 Å². The van der Waals surface area contributed by atoms with Gasteiger partial charge in [-0.2, -0.15) is 0 Å². The summed E-state index contributed by atoms with van der Waals surface area (Å²) in [5, 5.41) is 3.23. The van der Waals surface area contributed by atoms with Crippen LogP contribution in [0.3, 0.4) is 0 Å². The summed E-state index contributed by atoms with van der Waals surface area (Å²) in [7, 11) is 0. The molecule has 1 nitrogen and oxygen atoms in total. The minimum atomic E-state index is 0.806. The summed E-state index contributed by atoms with van der Waals surface area (Å²) in [4.78, 5) is 0. The van der Waals surface area contributed by atoms with Gasteiger partial charge in [-0.05, 0) is 18.6 Å². The Morgan fingerprint density at radius 3 is 2.47 bits per heavy atom. The van der Waals surface area contributed by atoms with Crippen molar-refractivity contribution in [3.8, 4) is 0 Å². The number of allylic oxidation sites excluding steroid dienone is 3. The van der Waals surface area contributed by atoms with Gasteiger partial charge >= 0.3 is 0 Å². The third-order valence-corrected chi connectivity index (χ3v) is 1.93. The van der Waals surface area contributed by atoms with E-state index < -0.39 is 0 Å². The van der Waals surface area contributed by atoms with E-state index in [2.05, 4.69) is 30.6 Å². The molecule has 0 atom stereocenters. The summed E-state index contributed by atoms with van der Waals surface area (Å²) in [6.45, 7) is 10.5. The molecule has 78 valence electrons. The molecule has 15 heavy (non-hydrogen) atoms. The highest BCUT2D eigenvalue weighted by Gasteiger charge is 1.90. The second-order valence-corrected chi connectivity index (χ2v) is 3.54. The highest BCUT2D eigenvalue weighted by atomic mass is 14.9. The van der Waals surface area contributed by atoms with Gasteiger partial charge in [-0.3, -0.25) is 0 Å². The lowest BCUT2D eigenvalue weighted by Gasteiger charge is -2.05. The normalized spacial score (nSPS) is 10.2. The molecule has 1 aromatic rings. The topological polar surface area (TPSA) is 12.0 Å². The van der Waals surface area contributed by atoms with Crippen LogP contribution in [0, 0.1) is 0 Å². The number of benzene rings is 1. The Bertz CT molecular complexity index is 360. The summed E-state index contributed by atoms with van der Waals surface area (Å²) in [6, 6.07) is 10.2. The van der Waals surface area contributed by atoms with Crippen LogP contribution in [-0.2, 0) is 6.54 Å². The molecule has 0 heterocycles. The second-order valence-electron chi connectivity index (χ2n) is 3.54.